The third-order valence-electron chi connectivity index (χ3n) is 6.04. The van der Waals surface area contributed by atoms with Crippen LogP contribution in [0.5, 0.6) is 0 Å². The Morgan fingerprint density at radius 2 is 1.06 bits per heavy atom. The van der Waals surface area contributed by atoms with Crippen molar-refractivity contribution in [1.29, 1.82) is 0 Å². The van der Waals surface area contributed by atoms with Crippen LogP contribution in [0.1, 0.15) is 5.56 Å². The molecule has 6 rings (SSSR count). The average molecular weight is 457 g/mol. The molecule has 3 heterocycles. The van der Waals surface area contributed by atoms with Crippen LogP contribution in [-0.4, -0.2) is 4.98 Å². The zero-order valence-electron chi connectivity index (χ0n) is 18.8. The van der Waals surface area contributed by atoms with E-state index in [-0.39, 0.29) is 0 Å². The summed E-state index contributed by atoms with van der Waals surface area (Å²) in [5, 5.41) is 1.58. The van der Waals surface area contributed by atoms with E-state index in [0.29, 0.717) is 33.7 Å². The van der Waals surface area contributed by atoms with Crippen LogP contribution >= 0.6 is 0 Å². The lowest BCUT2D eigenvalue weighted by atomic mass is 9.99. The third kappa shape index (κ3) is 3.83. The zero-order valence-corrected chi connectivity index (χ0v) is 18.8. The second-order valence-electron chi connectivity index (χ2n) is 8.46. The molecule has 5 nitrogen and oxygen atoms in total. The van der Waals surface area contributed by atoms with Crippen LogP contribution in [0.3, 0.4) is 0 Å². The molecule has 0 aliphatic carbocycles. The standard InChI is InChI=1S/C30H19NO4/c1-18-10-12-19(13-11-18)22-16-25(23-14-20-6-2-4-8-27(20)34-29(23)32)31-26(17-22)24-15-21-7-3-5-9-28(21)35-30(24)33/h2-17H,1H3. The minimum atomic E-state index is -0.492. The average Bonchev–Trinajstić information content (AvgIpc) is 2.88. The highest BCUT2D eigenvalue weighted by Gasteiger charge is 2.16. The molecule has 0 fully saturated rings. The van der Waals surface area contributed by atoms with E-state index in [2.05, 4.69) is 0 Å². The van der Waals surface area contributed by atoms with E-state index >= 15 is 0 Å². The lowest BCUT2D eigenvalue weighted by molar-refractivity contribution is 0.563. The van der Waals surface area contributed by atoms with Gasteiger partial charge in [0.05, 0.1) is 22.5 Å². The third-order valence-corrected chi connectivity index (χ3v) is 6.04. The molecule has 5 heteroatoms. The number of pyridine rings is 1. The molecule has 0 radical (unpaired) electrons. The summed E-state index contributed by atoms with van der Waals surface area (Å²) < 4.78 is 11.1. The van der Waals surface area contributed by atoms with Gasteiger partial charge in [0.15, 0.2) is 0 Å². The molecule has 0 bridgehead atoms. The number of fused-ring (bicyclic) bond motifs is 2. The zero-order chi connectivity index (χ0) is 23.9. The predicted molar refractivity (Wildman–Crippen MR) is 137 cm³/mol. The number of hydrogen-bond acceptors (Lipinski definition) is 5. The van der Waals surface area contributed by atoms with Crippen molar-refractivity contribution in [3.05, 3.63) is 123 Å². The van der Waals surface area contributed by atoms with Gasteiger partial charge in [0, 0.05) is 10.8 Å². The predicted octanol–water partition coefficient (Wildman–Crippen LogP) is 6.60. The fourth-order valence-corrected chi connectivity index (χ4v) is 4.20. The summed E-state index contributed by atoms with van der Waals surface area (Å²) in [5.41, 5.74) is 4.41. The summed E-state index contributed by atoms with van der Waals surface area (Å²) in [4.78, 5) is 30.6. The molecule has 0 aliphatic heterocycles. The molecule has 0 amide bonds. The first-order chi connectivity index (χ1) is 17.0. The Bertz CT molecular complexity index is 1730. The molecule has 168 valence electrons. The molecular formula is C30H19NO4. The molecule has 0 N–H and O–H groups in total. The minimum absolute atomic E-state index is 0.323. The second kappa shape index (κ2) is 8.22. The van der Waals surface area contributed by atoms with Gasteiger partial charge in [0.2, 0.25) is 0 Å². The maximum atomic E-state index is 12.9. The van der Waals surface area contributed by atoms with E-state index in [1.807, 2.05) is 79.7 Å². The summed E-state index contributed by atoms with van der Waals surface area (Å²) in [5.74, 6) is 0. The molecule has 35 heavy (non-hydrogen) atoms. The van der Waals surface area contributed by atoms with E-state index in [1.165, 1.54) is 0 Å². The smallest absolute Gasteiger partial charge is 0.345 e. The van der Waals surface area contributed by atoms with Gasteiger partial charge < -0.3 is 8.83 Å². The summed E-state index contributed by atoms with van der Waals surface area (Å²) in [6, 6.07) is 29.9. The van der Waals surface area contributed by atoms with Crippen molar-refractivity contribution in [2.45, 2.75) is 6.92 Å². The summed E-state index contributed by atoms with van der Waals surface area (Å²) in [7, 11) is 0. The van der Waals surface area contributed by atoms with Crippen molar-refractivity contribution in [2.24, 2.45) is 0 Å². The molecule has 3 aromatic heterocycles. The van der Waals surface area contributed by atoms with E-state index in [0.717, 1.165) is 27.5 Å². The highest BCUT2D eigenvalue weighted by Crippen LogP contribution is 2.30. The lowest BCUT2D eigenvalue weighted by Gasteiger charge is -2.10. The van der Waals surface area contributed by atoms with E-state index in [4.69, 9.17) is 13.8 Å². The number of rotatable bonds is 3. The van der Waals surface area contributed by atoms with Crippen LogP contribution in [0.15, 0.2) is 115 Å². The quantitative estimate of drug-likeness (QED) is 0.280. The van der Waals surface area contributed by atoms with Gasteiger partial charge in [-0.2, -0.15) is 0 Å². The number of nitrogens with zero attached hydrogens (tertiary/aromatic N) is 1. The Kier molecular flexibility index (Phi) is 4.89. The first kappa shape index (κ1) is 20.8. The van der Waals surface area contributed by atoms with Gasteiger partial charge in [-0.05, 0) is 54.4 Å². The fourth-order valence-electron chi connectivity index (χ4n) is 4.20. The van der Waals surface area contributed by atoms with Crippen molar-refractivity contribution in [3.8, 4) is 33.6 Å². The topological polar surface area (TPSA) is 73.3 Å². The summed E-state index contributed by atoms with van der Waals surface area (Å²) in [6.07, 6.45) is 0. The van der Waals surface area contributed by atoms with E-state index in [1.54, 1.807) is 24.3 Å². The van der Waals surface area contributed by atoms with Crippen LogP contribution in [0.4, 0.5) is 0 Å². The number of aromatic nitrogens is 1. The van der Waals surface area contributed by atoms with Gasteiger partial charge in [0.1, 0.15) is 11.2 Å². The molecule has 0 saturated carbocycles. The Hall–Kier alpha value is -4.77. The van der Waals surface area contributed by atoms with Crippen LogP contribution in [0.2, 0.25) is 0 Å². The molecule has 0 atom stereocenters. The van der Waals surface area contributed by atoms with Crippen molar-refractivity contribution in [1.82, 2.24) is 4.98 Å². The van der Waals surface area contributed by atoms with Crippen LogP contribution < -0.4 is 11.3 Å². The SMILES string of the molecule is Cc1ccc(-c2cc(-c3cc4ccccc4oc3=O)nc(-c3cc4ccccc4oc3=O)c2)cc1. The highest BCUT2D eigenvalue weighted by molar-refractivity contribution is 5.85. The van der Waals surface area contributed by atoms with Crippen LogP contribution in [-0.2, 0) is 0 Å². The molecule has 0 spiro atoms. The van der Waals surface area contributed by atoms with Crippen molar-refractivity contribution in [2.75, 3.05) is 0 Å². The van der Waals surface area contributed by atoms with Gasteiger partial charge in [-0.15, -0.1) is 0 Å². The summed E-state index contributed by atoms with van der Waals surface area (Å²) >= 11 is 0. The van der Waals surface area contributed by atoms with E-state index < -0.39 is 11.3 Å². The largest absolute Gasteiger partial charge is 0.422 e. The molecule has 0 aliphatic rings. The second-order valence-corrected chi connectivity index (χ2v) is 8.46. The number of para-hydroxylation sites is 2. The van der Waals surface area contributed by atoms with Crippen molar-refractivity contribution in [3.63, 3.8) is 0 Å². The molecule has 3 aromatic carbocycles. The van der Waals surface area contributed by atoms with Gasteiger partial charge in [0.25, 0.3) is 0 Å². The summed E-state index contributed by atoms with van der Waals surface area (Å²) in [6.45, 7) is 2.02. The minimum Gasteiger partial charge on any atom is -0.422 e. The van der Waals surface area contributed by atoms with Crippen molar-refractivity contribution >= 4 is 21.9 Å². The first-order valence-corrected chi connectivity index (χ1v) is 11.2. The first-order valence-electron chi connectivity index (χ1n) is 11.2. The Balaban J connectivity index is 1.63. The van der Waals surface area contributed by atoms with Crippen LogP contribution in [0.25, 0.3) is 55.6 Å². The number of benzene rings is 3. The van der Waals surface area contributed by atoms with Gasteiger partial charge in [-0.25, -0.2) is 14.6 Å². The number of hydrogen-bond donors (Lipinski definition) is 0. The Morgan fingerprint density at radius 1 is 0.571 bits per heavy atom. The molecule has 6 aromatic rings. The van der Waals surface area contributed by atoms with E-state index in [9.17, 15) is 9.59 Å². The highest BCUT2D eigenvalue weighted by atomic mass is 16.4. The van der Waals surface area contributed by atoms with Crippen molar-refractivity contribution < 1.29 is 8.83 Å². The Labute approximate surface area is 199 Å². The van der Waals surface area contributed by atoms with Gasteiger partial charge >= 0.3 is 11.3 Å². The maximum Gasteiger partial charge on any atom is 0.345 e. The monoisotopic (exact) mass is 457 g/mol. The van der Waals surface area contributed by atoms with Gasteiger partial charge in [-0.3, -0.25) is 0 Å². The van der Waals surface area contributed by atoms with Crippen LogP contribution in [0, 0.1) is 6.92 Å². The lowest BCUT2D eigenvalue weighted by Crippen LogP contribution is -2.07. The normalized spacial score (nSPS) is 11.2. The Morgan fingerprint density at radius 3 is 1.57 bits per heavy atom. The molecular weight excluding hydrogens is 438 g/mol. The fraction of sp³-hybridized carbons (Fsp3) is 0.0333. The maximum absolute atomic E-state index is 12.9. The van der Waals surface area contributed by atoms with Gasteiger partial charge in [-0.1, -0.05) is 66.2 Å². The molecule has 0 saturated heterocycles. The number of aryl methyl sites for hydroxylation is 1. The molecule has 0 unspecified atom stereocenters.